The Morgan fingerprint density at radius 2 is 1.89 bits per heavy atom. The minimum atomic E-state index is -0.970. The molecule has 0 aliphatic carbocycles. The average Bonchev–Trinajstić information content (AvgIpc) is 2.41. The largest absolute Gasteiger partial charge is 0.478 e. The van der Waals surface area contributed by atoms with Crippen molar-refractivity contribution in [2.45, 2.75) is 6.42 Å². The first-order valence-electron chi connectivity index (χ1n) is 6.07. The number of anilines is 2. The molecule has 0 fully saturated rings. The Morgan fingerprint density at radius 3 is 2.53 bits per heavy atom. The standard InChI is InChI=1S/C15H16N2O2/c16-13-10-12(15(18)19)6-7-14(13)17-9-8-11-4-2-1-3-5-11/h1-7,10,17H,8-9,16H2,(H,18,19). The molecule has 0 atom stereocenters. The van der Waals surface area contributed by atoms with E-state index in [0.29, 0.717) is 5.69 Å². The van der Waals surface area contributed by atoms with Crippen LogP contribution in [0.1, 0.15) is 15.9 Å². The molecule has 0 spiro atoms. The molecule has 0 radical (unpaired) electrons. The molecule has 4 nitrogen and oxygen atoms in total. The van der Waals surface area contributed by atoms with E-state index in [1.54, 1.807) is 12.1 Å². The van der Waals surface area contributed by atoms with Gasteiger partial charge in [-0.1, -0.05) is 30.3 Å². The zero-order chi connectivity index (χ0) is 13.7. The number of rotatable bonds is 5. The van der Waals surface area contributed by atoms with Crippen molar-refractivity contribution < 1.29 is 9.90 Å². The molecule has 4 heteroatoms. The van der Waals surface area contributed by atoms with Gasteiger partial charge in [-0.15, -0.1) is 0 Å². The van der Waals surface area contributed by atoms with Crippen molar-refractivity contribution in [2.24, 2.45) is 0 Å². The number of nitrogens with two attached hydrogens (primary N) is 1. The molecule has 0 amide bonds. The van der Waals surface area contributed by atoms with Crippen LogP contribution in [0.4, 0.5) is 11.4 Å². The number of nitrogens with one attached hydrogen (secondary N) is 1. The summed E-state index contributed by atoms with van der Waals surface area (Å²) in [5.41, 5.74) is 8.48. The maximum Gasteiger partial charge on any atom is 0.335 e. The van der Waals surface area contributed by atoms with Crippen LogP contribution in [0.2, 0.25) is 0 Å². The van der Waals surface area contributed by atoms with E-state index in [-0.39, 0.29) is 5.56 Å². The summed E-state index contributed by atoms with van der Waals surface area (Å²) in [6.45, 7) is 0.751. The van der Waals surface area contributed by atoms with Gasteiger partial charge in [0.25, 0.3) is 0 Å². The fourth-order valence-electron chi connectivity index (χ4n) is 1.84. The summed E-state index contributed by atoms with van der Waals surface area (Å²) in [6.07, 6.45) is 0.890. The number of hydrogen-bond acceptors (Lipinski definition) is 3. The van der Waals surface area contributed by atoms with Gasteiger partial charge in [-0.25, -0.2) is 4.79 Å². The number of carboxylic acid groups (broad SMARTS) is 1. The Balaban J connectivity index is 1.95. The van der Waals surface area contributed by atoms with Crippen LogP contribution in [-0.2, 0) is 6.42 Å². The number of hydrogen-bond donors (Lipinski definition) is 3. The van der Waals surface area contributed by atoms with Crippen LogP contribution in [0, 0.1) is 0 Å². The zero-order valence-corrected chi connectivity index (χ0v) is 10.5. The molecule has 0 aliphatic rings. The lowest BCUT2D eigenvalue weighted by molar-refractivity contribution is 0.0697. The number of carbonyl (C=O) groups is 1. The van der Waals surface area contributed by atoms with E-state index in [2.05, 4.69) is 17.4 Å². The van der Waals surface area contributed by atoms with Crippen molar-refractivity contribution in [1.29, 1.82) is 0 Å². The van der Waals surface area contributed by atoms with E-state index in [1.807, 2.05) is 18.2 Å². The lowest BCUT2D eigenvalue weighted by Crippen LogP contribution is -2.08. The van der Waals surface area contributed by atoms with E-state index >= 15 is 0 Å². The van der Waals surface area contributed by atoms with E-state index in [0.717, 1.165) is 18.7 Å². The molecule has 0 saturated heterocycles. The van der Waals surface area contributed by atoms with E-state index in [4.69, 9.17) is 10.8 Å². The van der Waals surface area contributed by atoms with Crippen LogP contribution in [0.25, 0.3) is 0 Å². The van der Waals surface area contributed by atoms with Gasteiger partial charge in [0.1, 0.15) is 0 Å². The monoisotopic (exact) mass is 256 g/mol. The first-order chi connectivity index (χ1) is 9.16. The number of carboxylic acids is 1. The highest BCUT2D eigenvalue weighted by Crippen LogP contribution is 2.19. The minimum absolute atomic E-state index is 0.200. The van der Waals surface area contributed by atoms with E-state index in [9.17, 15) is 4.79 Å². The summed E-state index contributed by atoms with van der Waals surface area (Å²) in [4.78, 5) is 10.8. The maximum atomic E-state index is 10.8. The first-order valence-corrected chi connectivity index (χ1v) is 6.07. The second-order valence-corrected chi connectivity index (χ2v) is 4.27. The van der Waals surface area contributed by atoms with E-state index in [1.165, 1.54) is 11.6 Å². The predicted molar refractivity (Wildman–Crippen MR) is 76.4 cm³/mol. The molecule has 2 rings (SSSR count). The number of aromatic carboxylic acids is 1. The Morgan fingerprint density at radius 1 is 1.16 bits per heavy atom. The molecule has 0 bridgehead atoms. The summed E-state index contributed by atoms with van der Waals surface area (Å²) in [5, 5.41) is 12.1. The molecule has 0 saturated carbocycles. The second kappa shape index (κ2) is 5.91. The second-order valence-electron chi connectivity index (χ2n) is 4.27. The smallest absolute Gasteiger partial charge is 0.335 e. The fourth-order valence-corrected chi connectivity index (χ4v) is 1.84. The Hall–Kier alpha value is -2.49. The molecular weight excluding hydrogens is 240 g/mol. The highest BCUT2D eigenvalue weighted by Gasteiger charge is 2.05. The fraction of sp³-hybridized carbons (Fsp3) is 0.133. The van der Waals surface area contributed by atoms with Crippen LogP contribution < -0.4 is 11.1 Å². The molecule has 2 aromatic carbocycles. The molecular formula is C15H16N2O2. The minimum Gasteiger partial charge on any atom is -0.478 e. The van der Waals surface area contributed by atoms with Crippen LogP contribution >= 0.6 is 0 Å². The van der Waals surface area contributed by atoms with Gasteiger partial charge in [0.15, 0.2) is 0 Å². The summed E-state index contributed by atoms with van der Waals surface area (Å²) >= 11 is 0. The SMILES string of the molecule is Nc1cc(C(=O)O)ccc1NCCc1ccccc1. The van der Waals surface area contributed by atoms with Gasteiger partial charge >= 0.3 is 5.97 Å². The van der Waals surface area contributed by atoms with Crippen molar-refractivity contribution in [3.8, 4) is 0 Å². The normalized spacial score (nSPS) is 10.1. The predicted octanol–water partition coefficient (Wildman–Crippen LogP) is 2.62. The van der Waals surface area contributed by atoms with Crippen LogP contribution in [-0.4, -0.2) is 17.6 Å². The first kappa shape index (κ1) is 13.0. The van der Waals surface area contributed by atoms with Crippen molar-refractivity contribution >= 4 is 17.3 Å². The van der Waals surface area contributed by atoms with Gasteiger partial charge in [0.2, 0.25) is 0 Å². The topological polar surface area (TPSA) is 75.4 Å². The summed E-state index contributed by atoms with van der Waals surface area (Å²) in [5.74, 6) is -0.970. The molecule has 0 aliphatic heterocycles. The third-order valence-electron chi connectivity index (χ3n) is 2.87. The summed E-state index contributed by atoms with van der Waals surface area (Å²) in [7, 11) is 0. The highest BCUT2D eigenvalue weighted by atomic mass is 16.4. The van der Waals surface area contributed by atoms with Gasteiger partial charge in [0, 0.05) is 6.54 Å². The third kappa shape index (κ3) is 3.48. The molecule has 19 heavy (non-hydrogen) atoms. The van der Waals surface area contributed by atoms with Gasteiger partial charge in [-0.3, -0.25) is 0 Å². The Kier molecular flexibility index (Phi) is 4.03. The van der Waals surface area contributed by atoms with Crippen molar-refractivity contribution in [1.82, 2.24) is 0 Å². The van der Waals surface area contributed by atoms with Crippen molar-refractivity contribution in [2.75, 3.05) is 17.6 Å². The van der Waals surface area contributed by atoms with Crippen LogP contribution in [0.3, 0.4) is 0 Å². The van der Waals surface area contributed by atoms with Crippen LogP contribution in [0.5, 0.6) is 0 Å². The molecule has 0 heterocycles. The van der Waals surface area contributed by atoms with Gasteiger partial charge in [-0.05, 0) is 30.2 Å². The van der Waals surface area contributed by atoms with E-state index < -0.39 is 5.97 Å². The zero-order valence-electron chi connectivity index (χ0n) is 10.5. The van der Waals surface area contributed by atoms with Gasteiger partial charge in [0.05, 0.1) is 16.9 Å². The van der Waals surface area contributed by atoms with Gasteiger partial charge < -0.3 is 16.2 Å². The van der Waals surface area contributed by atoms with Crippen molar-refractivity contribution in [3.05, 3.63) is 59.7 Å². The lowest BCUT2D eigenvalue weighted by atomic mass is 10.1. The molecule has 2 aromatic rings. The average molecular weight is 256 g/mol. The molecule has 98 valence electrons. The summed E-state index contributed by atoms with van der Waals surface area (Å²) in [6, 6.07) is 14.8. The van der Waals surface area contributed by atoms with Crippen molar-refractivity contribution in [3.63, 3.8) is 0 Å². The molecule has 0 unspecified atom stereocenters. The quantitative estimate of drug-likeness (QED) is 0.719. The lowest BCUT2D eigenvalue weighted by Gasteiger charge is -2.10. The Bertz CT molecular complexity index is 568. The third-order valence-corrected chi connectivity index (χ3v) is 2.87. The van der Waals surface area contributed by atoms with Gasteiger partial charge in [-0.2, -0.15) is 0 Å². The number of nitrogen functional groups attached to an aromatic ring is 1. The maximum absolute atomic E-state index is 10.8. The highest BCUT2D eigenvalue weighted by molar-refractivity contribution is 5.90. The number of benzene rings is 2. The van der Waals surface area contributed by atoms with Crippen LogP contribution in [0.15, 0.2) is 48.5 Å². The molecule has 4 N–H and O–H groups in total. The summed E-state index contributed by atoms with van der Waals surface area (Å²) < 4.78 is 0. The Labute approximate surface area is 111 Å². The molecule has 0 aromatic heterocycles.